The molecular weight excluding hydrogens is 192 g/mol. The maximum Gasteiger partial charge on any atom is -0.0307 e. The number of hydrogen-bond donors (Lipinski definition) is 0. The van der Waals surface area contributed by atoms with E-state index in [4.69, 9.17) is 0 Å². The van der Waals surface area contributed by atoms with E-state index in [-0.39, 0.29) is 7.43 Å². The highest BCUT2D eigenvalue weighted by Gasteiger charge is 1.79. The Morgan fingerprint density at radius 3 is 1.25 bits per heavy atom. The van der Waals surface area contributed by atoms with Crippen molar-refractivity contribution in [2.24, 2.45) is 0 Å². The summed E-state index contributed by atoms with van der Waals surface area (Å²) in [5.74, 6) is 0. The summed E-state index contributed by atoms with van der Waals surface area (Å²) in [5.41, 5.74) is 1.41. The van der Waals surface area contributed by atoms with Crippen molar-refractivity contribution in [1.82, 2.24) is 0 Å². The Morgan fingerprint density at radius 1 is 0.750 bits per heavy atom. The van der Waals surface area contributed by atoms with Crippen LogP contribution in [0.15, 0.2) is 30.3 Å². The minimum atomic E-state index is 0. The summed E-state index contributed by atoms with van der Waals surface area (Å²) in [6.45, 7) is 14.4. The lowest BCUT2D eigenvalue weighted by molar-refractivity contribution is 1.09. The smallest absolute Gasteiger partial charge is 0.0307 e. The maximum absolute atomic E-state index is 2.16. The highest BCUT2D eigenvalue weighted by atomic mass is 13.9. The molecule has 0 radical (unpaired) electrons. The van der Waals surface area contributed by atoms with E-state index in [2.05, 4.69) is 45.0 Å². The van der Waals surface area contributed by atoms with Gasteiger partial charge in [-0.1, -0.05) is 92.6 Å². The van der Waals surface area contributed by atoms with Gasteiger partial charge in [-0.3, -0.25) is 0 Å². The van der Waals surface area contributed by atoms with Gasteiger partial charge in [0, 0.05) is 0 Å². The first kappa shape index (κ1) is 24.4. The molecule has 0 amide bonds. The third-order valence-electron chi connectivity index (χ3n) is 1.25. The van der Waals surface area contributed by atoms with Crippen molar-refractivity contribution in [2.75, 3.05) is 0 Å². The molecule has 0 unspecified atom stereocenters. The summed E-state index contributed by atoms with van der Waals surface area (Å²) in [4.78, 5) is 0. The van der Waals surface area contributed by atoms with Gasteiger partial charge in [0.2, 0.25) is 0 Å². The SMILES string of the molecule is C.CC.CC.CCC.CCc1ccccc1. The van der Waals surface area contributed by atoms with Gasteiger partial charge < -0.3 is 0 Å². The molecule has 0 heteroatoms. The molecule has 0 spiro atoms. The summed E-state index contributed by atoms with van der Waals surface area (Å²) in [6.07, 6.45) is 2.39. The quantitative estimate of drug-likeness (QED) is 0.523. The van der Waals surface area contributed by atoms with Gasteiger partial charge in [0.05, 0.1) is 0 Å². The van der Waals surface area contributed by atoms with Crippen molar-refractivity contribution in [3.05, 3.63) is 35.9 Å². The zero-order chi connectivity index (χ0) is 12.5. The molecule has 1 rings (SSSR count). The first-order valence-electron chi connectivity index (χ1n) is 6.39. The van der Waals surface area contributed by atoms with E-state index in [1.165, 1.54) is 12.0 Å². The first-order chi connectivity index (χ1) is 7.35. The summed E-state index contributed by atoms with van der Waals surface area (Å²) in [6, 6.07) is 10.5. The molecule has 0 aromatic heterocycles. The van der Waals surface area contributed by atoms with Gasteiger partial charge >= 0.3 is 0 Å². The number of benzene rings is 1. The monoisotopic (exact) mass is 226 g/mol. The average Bonchev–Trinajstić information content (AvgIpc) is 2.36. The van der Waals surface area contributed by atoms with E-state index in [1.807, 2.05) is 33.8 Å². The largest absolute Gasteiger partial charge is 0.0776 e. The summed E-state index contributed by atoms with van der Waals surface area (Å²) >= 11 is 0. The van der Waals surface area contributed by atoms with Gasteiger partial charge in [-0.05, 0) is 12.0 Å². The van der Waals surface area contributed by atoms with E-state index < -0.39 is 0 Å². The molecule has 0 aliphatic heterocycles. The Labute approximate surface area is 105 Å². The zero-order valence-electron chi connectivity index (χ0n) is 11.8. The lowest BCUT2D eigenvalue weighted by atomic mass is 10.2. The van der Waals surface area contributed by atoms with E-state index >= 15 is 0 Å². The molecule has 0 heterocycles. The predicted molar refractivity (Wildman–Crippen MR) is 81.2 cm³/mol. The van der Waals surface area contributed by atoms with Crippen LogP contribution in [0.4, 0.5) is 0 Å². The van der Waals surface area contributed by atoms with Crippen molar-refractivity contribution in [2.45, 2.75) is 68.7 Å². The van der Waals surface area contributed by atoms with Crippen molar-refractivity contribution < 1.29 is 0 Å². The van der Waals surface area contributed by atoms with E-state index in [0.29, 0.717) is 0 Å². The number of hydrogen-bond acceptors (Lipinski definition) is 0. The van der Waals surface area contributed by atoms with Crippen LogP contribution >= 0.6 is 0 Å². The predicted octanol–water partition coefficient (Wildman–Crippen LogP) is 6.35. The molecule has 0 bridgehead atoms. The molecule has 0 saturated heterocycles. The molecule has 0 N–H and O–H groups in total. The summed E-state index contributed by atoms with van der Waals surface area (Å²) < 4.78 is 0. The Hall–Kier alpha value is -0.780. The molecule has 16 heavy (non-hydrogen) atoms. The normalized spacial score (nSPS) is 6.44. The van der Waals surface area contributed by atoms with Crippen LogP contribution in [0.3, 0.4) is 0 Å². The minimum absolute atomic E-state index is 0. The van der Waals surface area contributed by atoms with Crippen LogP contribution in [0.25, 0.3) is 0 Å². The Bertz CT molecular complexity index is 153. The standard InChI is InChI=1S/C8H10.C3H8.2C2H6.CH4/c1-2-8-6-4-3-5-7-8;1-3-2;2*1-2;/h3-7H,2H2,1H3;3H2,1-2H3;2*1-2H3;1H4. The van der Waals surface area contributed by atoms with Gasteiger partial charge in [-0.15, -0.1) is 0 Å². The maximum atomic E-state index is 2.16. The van der Waals surface area contributed by atoms with Crippen LogP contribution < -0.4 is 0 Å². The fraction of sp³-hybridized carbons (Fsp3) is 0.625. The van der Waals surface area contributed by atoms with E-state index in [1.54, 1.807) is 0 Å². The van der Waals surface area contributed by atoms with E-state index in [0.717, 1.165) is 6.42 Å². The Balaban J connectivity index is -0.0000000778. The molecule has 1 aromatic rings. The second-order valence-corrected chi connectivity index (χ2v) is 2.55. The van der Waals surface area contributed by atoms with Gasteiger partial charge in [-0.25, -0.2) is 0 Å². The third kappa shape index (κ3) is 23.2. The lowest BCUT2D eigenvalue weighted by Crippen LogP contribution is -1.73. The summed E-state index contributed by atoms with van der Waals surface area (Å²) in [5, 5.41) is 0. The molecule has 0 aliphatic rings. The Morgan fingerprint density at radius 2 is 1.06 bits per heavy atom. The summed E-state index contributed by atoms with van der Waals surface area (Å²) in [7, 11) is 0. The zero-order valence-corrected chi connectivity index (χ0v) is 11.8. The molecule has 0 saturated carbocycles. The number of rotatable bonds is 1. The second-order valence-electron chi connectivity index (χ2n) is 2.55. The van der Waals surface area contributed by atoms with Gasteiger partial charge in [-0.2, -0.15) is 0 Å². The van der Waals surface area contributed by atoms with Crippen LogP contribution in [0.5, 0.6) is 0 Å². The molecule has 0 atom stereocenters. The minimum Gasteiger partial charge on any atom is -0.0776 e. The van der Waals surface area contributed by atoms with Crippen LogP contribution in [-0.2, 0) is 6.42 Å². The molecule has 0 aliphatic carbocycles. The molecule has 98 valence electrons. The van der Waals surface area contributed by atoms with Crippen molar-refractivity contribution in [3.63, 3.8) is 0 Å². The molecule has 0 nitrogen and oxygen atoms in total. The van der Waals surface area contributed by atoms with Crippen LogP contribution in [0, 0.1) is 0 Å². The fourth-order valence-corrected chi connectivity index (χ4v) is 0.714. The van der Waals surface area contributed by atoms with Crippen LogP contribution in [0.1, 0.15) is 67.9 Å². The van der Waals surface area contributed by atoms with Gasteiger partial charge in [0.15, 0.2) is 0 Å². The van der Waals surface area contributed by atoms with Crippen molar-refractivity contribution >= 4 is 0 Å². The molecular formula is C16H34. The number of aryl methyl sites for hydroxylation is 1. The second kappa shape index (κ2) is 29.2. The molecule has 1 aromatic carbocycles. The van der Waals surface area contributed by atoms with Crippen LogP contribution in [0.2, 0.25) is 0 Å². The van der Waals surface area contributed by atoms with Gasteiger partial charge in [0.25, 0.3) is 0 Å². The fourth-order valence-electron chi connectivity index (χ4n) is 0.714. The van der Waals surface area contributed by atoms with E-state index in [9.17, 15) is 0 Å². The highest BCUT2D eigenvalue weighted by molar-refractivity contribution is 5.13. The van der Waals surface area contributed by atoms with Crippen molar-refractivity contribution in [1.29, 1.82) is 0 Å². The lowest BCUT2D eigenvalue weighted by Gasteiger charge is -1.89. The Kier molecular flexibility index (Phi) is 44.7. The van der Waals surface area contributed by atoms with Crippen LogP contribution in [-0.4, -0.2) is 0 Å². The van der Waals surface area contributed by atoms with Crippen molar-refractivity contribution in [3.8, 4) is 0 Å². The van der Waals surface area contributed by atoms with Gasteiger partial charge in [0.1, 0.15) is 0 Å². The average molecular weight is 226 g/mol. The molecule has 0 fully saturated rings. The highest BCUT2D eigenvalue weighted by Crippen LogP contribution is 1.96. The third-order valence-corrected chi connectivity index (χ3v) is 1.25. The topological polar surface area (TPSA) is 0 Å². The first-order valence-corrected chi connectivity index (χ1v) is 6.39.